The van der Waals surface area contributed by atoms with E-state index in [4.69, 9.17) is 14.2 Å². The van der Waals surface area contributed by atoms with Crippen molar-refractivity contribution in [2.24, 2.45) is 4.99 Å². The van der Waals surface area contributed by atoms with Gasteiger partial charge in [0.05, 0.1) is 38.3 Å². The van der Waals surface area contributed by atoms with Crippen molar-refractivity contribution in [1.82, 2.24) is 4.57 Å². The third kappa shape index (κ3) is 3.76. The molecule has 1 heterocycles. The van der Waals surface area contributed by atoms with Crippen molar-refractivity contribution in [3.8, 4) is 28.8 Å². The Hall–Kier alpha value is -4.26. The average Bonchev–Trinajstić information content (AvgIpc) is 2.84. The van der Waals surface area contributed by atoms with Gasteiger partial charge in [-0.05, 0) is 30.3 Å². The molecule has 0 saturated heterocycles. The molecular formula is C25H22N2O5. The Bertz CT molecular complexity index is 1370. The molecule has 0 spiro atoms. The second-order valence-electron chi connectivity index (χ2n) is 6.92. The lowest BCUT2D eigenvalue weighted by Crippen LogP contribution is -2.20. The number of aromatic nitrogens is 1. The van der Waals surface area contributed by atoms with Gasteiger partial charge < -0.3 is 19.3 Å². The number of rotatable bonds is 6. The minimum absolute atomic E-state index is 0.217. The van der Waals surface area contributed by atoms with Crippen LogP contribution in [-0.4, -0.2) is 37.2 Å². The second kappa shape index (κ2) is 8.85. The SMILES string of the molecule is COc1cccc(-n2c(O)c(C=Nc3ccc(OC)c(OC)c3)c3ccccc3c2=O)c1. The highest BCUT2D eigenvalue weighted by molar-refractivity contribution is 6.02. The molecule has 162 valence electrons. The first-order valence-electron chi connectivity index (χ1n) is 9.84. The Labute approximate surface area is 184 Å². The fourth-order valence-corrected chi connectivity index (χ4v) is 3.52. The predicted octanol–water partition coefficient (Wildman–Crippen LogP) is 4.47. The third-order valence-electron chi connectivity index (χ3n) is 5.12. The Balaban J connectivity index is 1.91. The van der Waals surface area contributed by atoms with Crippen LogP contribution in [-0.2, 0) is 0 Å². The number of nitrogens with zero attached hydrogens (tertiary/aromatic N) is 2. The van der Waals surface area contributed by atoms with E-state index < -0.39 is 0 Å². The normalized spacial score (nSPS) is 11.1. The molecule has 0 aliphatic rings. The number of aliphatic imine (C=N–C) groups is 1. The van der Waals surface area contributed by atoms with Gasteiger partial charge in [0.1, 0.15) is 5.75 Å². The Kier molecular flexibility index (Phi) is 5.81. The van der Waals surface area contributed by atoms with Crippen LogP contribution >= 0.6 is 0 Å². The molecule has 4 rings (SSSR count). The Morgan fingerprint density at radius 1 is 0.844 bits per heavy atom. The number of pyridine rings is 1. The summed E-state index contributed by atoms with van der Waals surface area (Å²) in [6.07, 6.45) is 1.54. The van der Waals surface area contributed by atoms with E-state index in [1.54, 1.807) is 82.0 Å². The molecule has 3 aromatic carbocycles. The summed E-state index contributed by atoms with van der Waals surface area (Å²) < 4.78 is 17.1. The minimum Gasteiger partial charge on any atom is -0.497 e. The zero-order valence-electron chi connectivity index (χ0n) is 17.9. The maximum atomic E-state index is 13.2. The van der Waals surface area contributed by atoms with Crippen molar-refractivity contribution < 1.29 is 19.3 Å². The van der Waals surface area contributed by atoms with Crippen LogP contribution in [0.5, 0.6) is 23.1 Å². The first kappa shape index (κ1) is 21.0. The van der Waals surface area contributed by atoms with Crippen molar-refractivity contribution in [3.05, 3.63) is 82.6 Å². The van der Waals surface area contributed by atoms with Crippen LogP contribution in [0.1, 0.15) is 5.56 Å². The van der Waals surface area contributed by atoms with Crippen LogP contribution in [0.4, 0.5) is 5.69 Å². The molecular weight excluding hydrogens is 408 g/mol. The molecule has 4 aromatic rings. The number of hydrogen-bond donors (Lipinski definition) is 1. The highest BCUT2D eigenvalue weighted by Gasteiger charge is 2.16. The minimum atomic E-state index is -0.338. The number of methoxy groups -OCH3 is 3. The zero-order valence-corrected chi connectivity index (χ0v) is 17.9. The Morgan fingerprint density at radius 2 is 1.59 bits per heavy atom. The van der Waals surface area contributed by atoms with E-state index >= 15 is 0 Å². The molecule has 7 heteroatoms. The largest absolute Gasteiger partial charge is 0.497 e. The van der Waals surface area contributed by atoms with Gasteiger partial charge in [0.15, 0.2) is 11.5 Å². The van der Waals surface area contributed by atoms with E-state index in [9.17, 15) is 9.90 Å². The maximum absolute atomic E-state index is 13.2. The summed E-state index contributed by atoms with van der Waals surface area (Å²) in [6.45, 7) is 0. The highest BCUT2D eigenvalue weighted by Crippen LogP contribution is 2.32. The van der Waals surface area contributed by atoms with Crippen LogP contribution in [0.3, 0.4) is 0 Å². The van der Waals surface area contributed by atoms with E-state index in [1.165, 1.54) is 10.8 Å². The molecule has 1 aromatic heterocycles. The van der Waals surface area contributed by atoms with Gasteiger partial charge in [0.2, 0.25) is 5.88 Å². The van der Waals surface area contributed by atoms with Crippen molar-refractivity contribution in [2.75, 3.05) is 21.3 Å². The summed E-state index contributed by atoms with van der Waals surface area (Å²) in [7, 11) is 4.66. The van der Waals surface area contributed by atoms with E-state index in [1.807, 2.05) is 6.07 Å². The Morgan fingerprint density at radius 3 is 2.31 bits per heavy atom. The maximum Gasteiger partial charge on any atom is 0.265 e. The van der Waals surface area contributed by atoms with Gasteiger partial charge in [-0.1, -0.05) is 24.3 Å². The van der Waals surface area contributed by atoms with Crippen molar-refractivity contribution in [2.45, 2.75) is 0 Å². The van der Waals surface area contributed by atoms with Gasteiger partial charge in [0, 0.05) is 29.1 Å². The highest BCUT2D eigenvalue weighted by atomic mass is 16.5. The molecule has 0 bridgehead atoms. The lowest BCUT2D eigenvalue weighted by Gasteiger charge is -2.14. The van der Waals surface area contributed by atoms with Gasteiger partial charge in [-0.2, -0.15) is 0 Å². The van der Waals surface area contributed by atoms with Gasteiger partial charge in [-0.15, -0.1) is 0 Å². The summed E-state index contributed by atoms with van der Waals surface area (Å²) in [5.74, 6) is 1.48. The molecule has 0 unspecified atom stereocenters. The summed E-state index contributed by atoms with van der Waals surface area (Å²) in [6, 6.07) is 19.3. The van der Waals surface area contributed by atoms with E-state index in [-0.39, 0.29) is 11.4 Å². The standard InChI is InChI=1S/C25H22N2O5/c1-30-18-8-6-7-17(14-18)27-24(28)20-10-5-4-9-19(20)21(25(27)29)15-26-16-11-12-22(31-2)23(13-16)32-3/h4-15,29H,1-3H3. The first-order valence-corrected chi connectivity index (χ1v) is 9.84. The summed E-state index contributed by atoms with van der Waals surface area (Å²) in [5.41, 5.74) is 1.16. The number of benzene rings is 3. The van der Waals surface area contributed by atoms with Crippen LogP contribution in [0.25, 0.3) is 16.5 Å². The third-order valence-corrected chi connectivity index (χ3v) is 5.12. The lowest BCUT2D eigenvalue weighted by molar-refractivity contribution is 0.355. The van der Waals surface area contributed by atoms with Crippen molar-refractivity contribution in [1.29, 1.82) is 0 Å². The van der Waals surface area contributed by atoms with Gasteiger partial charge in [-0.3, -0.25) is 9.79 Å². The monoisotopic (exact) mass is 430 g/mol. The molecule has 0 radical (unpaired) electrons. The number of ether oxygens (including phenoxy) is 3. The van der Waals surface area contributed by atoms with Gasteiger partial charge in [0.25, 0.3) is 5.56 Å². The van der Waals surface area contributed by atoms with E-state index in [0.29, 0.717) is 45.0 Å². The van der Waals surface area contributed by atoms with Gasteiger partial charge >= 0.3 is 0 Å². The van der Waals surface area contributed by atoms with E-state index in [0.717, 1.165) is 0 Å². The average molecular weight is 430 g/mol. The molecule has 32 heavy (non-hydrogen) atoms. The smallest absolute Gasteiger partial charge is 0.265 e. The molecule has 0 atom stereocenters. The number of fused-ring (bicyclic) bond motifs is 1. The molecule has 0 amide bonds. The predicted molar refractivity (Wildman–Crippen MR) is 125 cm³/mol. The van der Waals surface area contributed by atoms with Crippen molar-refractivity contribution in [3.63, 3.8) is 0 Å². The van der Waals surface area contributed by atoms with Crippen LogP contribution < -0.4 is 19.8 Å². The molecule has 7 nitrogen and oxygen atoms in total. The van der Waals surface area contributed by atoms with Crippen LogP contribution in [0.15, 0.2) is 76.5 Å². The zero-order chi connectivity index (χ0) is 22.7. The second-order valence-corrected chi connectivity index (χ2v) is 6.92. The quantitative estimate of drug-likeness (QED) is 0.456. The fraction of sp³-hybridized carbons (Fsp3) is 0.120. The topological polar surface area (TPSA) is 82.3 Å². The molecule has 0 saturated carbocycles. The fourth-order valence-electron chi connectivity index (χ4n) is 3.52. The van der Waals surface area contributed by atoms with Crippen LogP contribution in [0.2, 0.25) is 0 Å². The van der Waals surface area contributed by atoms with E-state index in [2.05, 4.69) is 4.99 Å². The van der Waals surface area contributed by atoms with Crippen LogP contribution in [0, 0.1) is 0 Å². The molecule has 0 aliphatic carbocycles. The molecule has 0 fully saturated rings. The first-order chi connectivity index (χ1) is 15.6. The van der Waals surface area contributed by atoms with Crippen molar-refractivity contribution >= 4 is 22.7 Å². The summed E-state index contributed by atoms with van der Waals surface area (Å²) in [5, 5.41) is 12.2. The number of aromatic hydroxyl groups is 1. The van der Waals surface area contributed by atoms with Gasteiger partial charge in [-0.25, -0.2) is 4.57 Å². The summed E-state index contributed by atoms with van der Waals surface area (Å²) >= 11 is 0. The lowest BCUT2D eigenvalue weighted by atomic mass is 10.1. The summed E-state index contributed by atoms with van der Waals surface area (Å²) in [4.78, 5) is 17.7. The molecule has 1 N–H and O–H groups in total. The number of hydrogen-bond acceptors (Lipinski definition) is 6. The molecule has 0 aliphatic heterocycles.